The molecule has 1 aromatic heterocycles. The number of aromatic nitrogens is 2. The highest BCUT2D eigenvalue weighted by Crippen LogP contribution is 2.44. The van der Waals surface area contributed by atoms with E-state index in [4.69, 9.17) is 4.74 Å². The minimum Gasteiger partial charge on any atom is -0.484 e. The molecule has 0 aliphatic carbocycles. The fourth-order valence-electron chi connectivity index (χ4n) is 4.48. The molecule has 1 aromatic carbocycles. The van der Waals surface area contributed by atoms with Crippen molar-refractivity contribution >= 4 is 17.7 Å². The maximum atomic E-state index is 13.2. The van der Waals surface area contributed by atoms with Crippen molar-refractivity contribution in [2.75, 3.05) is 46.9 Å². The fraction of sp³-hybridized carbons (Fsp3) is 0.409. The molecule has 9 nitrogen and oxygen atoms in total. The lowest BCUT2D eigenvalue weighted by Gasteiger charge is -2.30. The maximum Gasteiger partial charge on any atom is 0.274 e. The van der Waals surface area contributed by atoms with E-state index in [1.54, 1.807) is 36.0 Å². The zero-order valence-corrected chi connectivity index (χ0v) is 17.6. The van der Waals surface area contributed by atoms with E-state index in [-0.39, 0.29) is 49.0 Å². The number of amides is 3. The highest BCUT2D eigenvalue weighted by atomic mass is 16.5. The Bertz CT molecular complexity index is 968. The Morgan fingerprint density at radius 1 is 1.10 bits per heavy atom. The van der Waals surface area contributed by atoms with Crippen molar-refractivity contribution in [1.82, 2.24) is 24.7 Å². The number of likely N-dealkylation sites (tertiary alicyclic amines) is 2. The van der Waals surface area contributed by atoms with Crippen LogP contribution >= 0.6 is 0 Å². The molecule has 0 N–H and O–H groups in total. The normalized spacial score (nSPS) is 22.2. The molecule has 2 aliphatic rings. The first-order valence-corrected chi connectivity index (χ1v) is 10.1. The van der Waals surface area contributed by atoms with Crippen molar-refractivity contribution in [3.8, 4) is 5.75 Å². The van der Waals surface area contributed by atoms with Gasteiger partial charge in [-0.1, -0.05) is 18.2 Å². The molecular formula is C22H25N5O4. The van der Waals surface area contributed by atoms with Gasteiger partial charge in [0.15, 0.2) is 6.61 Å². The monoisotopic (exact) mass is 423 g/mol. The summed E-state index contributed by atoms with van der Waals surface area (Å²) in [5.41, 5.74) is -0.580. The Balaban J connectivity index is 1.48. The largest absolute Gasteiger partial charge is 0.484 e. The highest BCUT2D eigenvalue weighted by molar-refractivity contribution is 5.94. The van der Waals surface area contributed by atoms with Gasteiger partial charge in [0, 0.05) is 58.6 Å². The quantitative estimate of drug-likeness (QED) is 0.697. The van der Waals surface area contributed by atoms with Gasteiger partial charge in [0.05, 0.1) is 11.6 Å². The van der Waals surface area contributed by atoms with E-state index in [0.717, 1.165) is 0 Å². The molecule has 31 heavy (non-hydrogen) atoms. The van der Waals surface area contributed by atoms with Crippen molar-refractivity contribution in [2.24, 2.45) is 11.3 Å². The van der Waals surface area contributed by atoms with Gasteiger partial charge in [0.2, 0.25) is 5.91 Å². The van der Waals surface area contributed by atoms with E-state index in [0.29, 0.717) is 18.8 Å². The van der Waals surface area contributed by atoms with E-state index in [1.165, 1.54) is 23.5 Å². The molecule has 2 saturated heterocycles. The molecule has 0 unspecified atom stereocenters. The fourth-order valence-corrected chi connectivity index (χ4v) is 4.48. The summed E-state index contributed by atoms with van der Waals surface area (Å²) in [6.07, 6.45) is 4.40. The minimum absolute atomic E-state index is 0.0776. The number of benzene rings is 1. The van der Waals surface area contributed by atoms with Crippen LogP contribution in [0.4, 0.5) is 0 Å². The zero-order valence-electron chi connectivity index (χ0n) is 17.6. The second-order valence-electron chi connectivity index (χ2n) is 8.20. The Labute approximate surface area is 180 Å². The Morgan fingerprint density at radius 3 is 2.48 bits per heavy atom. The standard InChI is InChI=1S/C22H25N5O4/c1-25(2)21(30)22-14-26(19(28)13-31-17-6-4-3-5-7-17)11-16(22)12-27(15-22)20(29)18-10-23-8-9-24-18/h3-10,16H,11-15H2,1-2H3/t16-,22-/m1/s1. The molecule has 0 bridgehead atoms. The van der Waals surface area contributed by atoms with Gasteiger partial charge in [-0.25, -0.2) is 4.98 Å². The number of hydrogen-bond donors (Lipinski definition) is 0. The number of para-hydroxylation sites is 1. The second kappa shape index (κ2) is 8.33. The third kappa shape index (κ3) is 3.95. The number of ether oxygens (including phenoxy) is 1. The summed E-state index contributed by atoms with van der Waals surface area (Å²) in [4.78, 5) is 51.8. The number of carbonyl (C=O) groups excluding carboxylic acids is 3. The van der Waals surface area contributed by atoms with E-state index in [2.05, 4.69) is 9.97 Å². The molecule has 2 aliphatic heterocycles. The lowest BCUT2D eigenvalue weighted by Crippen LogP contribution is -2.48. The van der Waals surface area contributed by atoms with Crippen LogP contribution in [0.5, 0.6) is 5.75 Å². The Hall–Kier alpha value is -3.49. The van der Waals surface area contributed by atoms with Gasteiger partial charge < -0.3 is 19.4 Å². The van der Waals surface area contributed by atoms with Crippen molar-refractivity contribution in [2.45, 2.75) is 0 Å². The van der Waals surface area contributed by atoms with Crippen LogP contribution < -0.4 is 4.74 Å². The first kappa shape index (κ1) is 20.8. The number of rotatable bonds is 5. The van der Waals surface area contributed by atoms with Gasteiger partial charge in [-0.15, -0.1) is 0 Å². The van der Waals surface area contributed by atoms with Gasteiger partial charge in [-0.2, -0.15) is 0 Å². The topological polar surface area (TPSA) is 95.9 Å². The number of carbonyl (C=O) groups is 3. The lowest BCUT2D eigenvalue weighted by molar-refractivity contribution is -0.140. The molecule has 3 amide bonds. The van der Waals surface area contributed by atoms with E-state index >= 15 is 0 Å². The summed E-state index contributed by atoms with van der Waals surface area (Å²) in [6, 6.07) is 9.14. The number of nitrogens with zero attached hydrogens (tertiary/aromatic N) is 5. The van der Waals surface area contributed by atoms with Crippen LogP contribution in [-0.2, 0) is 9.59 Å². The summed E-state index contributed by atoms with van der Waals surface area (Å²) in [7, 11) is 3.40. The van der Waals surface area contributed by atoms with Crippen LogP contribution in [0.15, 0.2) is 48.9 Å². The maximum absolute atomic E-state index is 13.2. The van der Waals surface area contributed by atoms with Gasteiger partial charge in [-0.3, -0.25) is 19.4 Å². The first-order valence-electron chi connectivity index (χ1n) is 10.1. The molecule has 4 rings (SSSR count). The van der Waals surface area contributed by atoms with Crippen molar-refractivity contribution in [3.05, 3.63) is 54.6 Å². The zero-order chi connectivity index (χ0) is 22.0. The molecule has 0 saturated carbocycles. The van der Waals surface area contributed by atoms with Crippen LogP contribution in [0, 0.1) is 11.3 Å². The molecular weight excluding hydrogens is 398 g/mol. The van der Waals surface area contributed by atoms with Gasteiger partial charge in [0.25, 0.3) is 11.8 Å². The predicted molar refractivity (Wildman–Crippen MR) is 111 cm³/mol. The van der Waals surface area contributed by atoms with E-state index in [9.17, 15) is 14.4 Å². The van der Waals surface area contributed by atoms with Crippen LogP contribution in [0.25, 0.3) is 0 Å². The third-order valence-corrected chi connectivity index (χ3v) is 5.97. The summed E-state index contributed by atoms with van der Waals surface area (Å²) < 4.78 is 5.59. The van der Waals surface area contributed by atoms with Crippen molar-refractivity contribution < 1.29 is 19.1 Å². The molecule has 0 radical (unpaired) electrons. The van der Waals surface area contributed by atoms with Gasteiger partial charge in [0.1, 0.15) is 11.4 Å². The smallest absolute Gasteiger partial charge is 0.274 e. The molecule has 2 fully saturated rings. The van der Waals surface area contributed by atoms with Gasteiger partial charge >= 0.3 is 0 Å². The van der Waals surface area contributed by atoms with Crippen LogP contribution in [0.1, 0.15) is 10.5 Å². The Morgan fingerprint density at radius 2 is 1.81 bits per heavy atom. The van der Waals surface area contributed by atoms with Crippen molar-refractivity contribution in [3.63, 3.8) is 0 Å². The molecule has 9 heteroatoms. The summed E-state index contributed by atoms with van der Waals surface area (Å²) >= 11 is 0. The third-order valence-electron chi connectivity index (χ3n) is 5.97. The lowest BCUT2D eigenvalue weighted by atomic mass is 9.80. The predicted octanol–water partition coefficient (Wildman–Crippen LogP) is 0.544. The molecule has 2 aromatic rings. The SMILES string of the molecule is CN(C)C(=O)[C@@]12CN(C(=O)COc3ccccc3)C[C@@H]1CN(C(=O)c1cnccn1)C2. The van der Waals surface area contributed by atoms with Crippen LogP contribution in [0.3, 0.4) is 0 Å². The molecule has 3 heterocycles. The average Bonchev–Trinajstić information content (AvgIpc) is 3.33. The van der Waals surface area contributed by atoms with E-state index in [1.807, 2.05) is 18.2 Å². The summed E-state index contributed by atoms with van der Waals surface area (Å²) in [5, 5.41) is 0. The average molecular weight is 423 g/mol. The van der Waals surface area contributed by atoms with Crippen LogP contribution in [-0.4, -0.2) is 89.3 Å². The van der Waals surface area contributed by atoms with E-state index < -0.39 is 5.41 Å². The molecule has 2 atom stereocenters. The summed E-state index contributed by atoms with van der Waals surface area (Å²) in [6.45, 7) is 1.20. The number of hydrogen-bond acceptors (Lipinski definition) is 6. The Kier molecular flexibility index (Phi) is 5.58. The molecule has 162 valence electrons. The second-order valence-corrected chi connectivity index (χ2v) is 8.20. The minimum atomic E-state index is -0.830. The molecule has 0 spiro atoms. The van der Waals surface area contributed by atoms with Gasteiger partial charge in [-0.05, 0) is 12.1 Å². The highest BCUT2D eigenvalue weighted by Gasteiger charge is 2.59. The van der Waals surface area contributed by atoms with Crippen molar-refractivity contribution in [1.29, 1.82) is 0 Å². The summed E-state index contributed by atoms with van der Waals surface area (Å²) in [5.74, 6) is -0.0281. The van der Waals surface area contributed by atoms with Crippen LogP contribution in [0.2, 0.25) is 0 Å². The number of fused-ring (bicyclic) bond motifs is 1. The first-order chi connectivity index (χ1) is 14.9.